The third kappa shape index (κ3) is 4.90. The highest BCUT2D eigenvalue weighted by molar-refractivity contribution is 7.93. The van der Waals surface area contributed by atoms with Crippen LogP contribution >= 0.6 is 0 Å². The first-order valence-electron chi connectivity index (χ1n) is 10.1. The zero-order valence-electron chi connectivity index (χ0n) is 18.4. The number of piperidine rings is 1. The summed E-state index contributed by atoms with van der Waals surface area (Å²) in [6.45, 7) is 3.13. The van der Waals surface area contributed by atoms with E-state index in [1.165, 1.54) is 18.2 Å². The van der Waals surface area contributed by atoms with Gasteiger partial charge in [0.15, 0.2) is 15.7 Å². The van der Waals surface area contributed by atoms with Crippen molar-refractivity contribution in [2.75, 3.05) is 31.8 Å². The van der Waals surface area contributed by atoms with Crippen LogP contribution < -0.4 is 10.1 Å². The van der Waals surface area contributed by atoms with Crippen LogP contribution in [-0.2, 0) is 19.9 Å². The molecular formula is C19H29N5O6S2. The number of nitrogens with one attached hydrogen (secondary N) is 2. The molecule has 1 atom stereocenters. The van der Waals surface area contributed by atoms with E-state index < -0.39 is 36.1 Å². The first kappa shape index (κ1) is 24.4. The number of nitrogens with zero attached hydrogens (tertiary/aromatic N) is 3. The SMILES string of the molecule is COc1ccc(-c2nc(NC(O)C(C)(C)S(=O)(=O)C3CCN(S(C)(=O)=O)CC3)n[nH]2)cc1. The number of aliphatic hydroxyl groups excluding tert-OH is 1. The third-order valence-electron chi connectivity index (χ3n) is 5.82. The summed E-state index contributed by atoms with van der Waals surface area (Å²) in [5.74, 6) is 1.19. The number of sulfone groups is 1. The second kappa shape index (κ2) is 8.96. The quantitative estimate of drug-likeness (QED) is 0.459. The molecule has 3 rings (SSSR count). The van der Waals surface area contributed by atoms with E-state index in [0.717, 1.165) is 11.8 Å². The highest BCUT2D eigenvalue weighted by atomic mass is 32.2. The molecule has 3 N–H and O–H groups in total. The van der Waals surface area contributed by atoms with Crippen molar-refractivity contribution < 1.29 is 26.7 Å². The molecule has 0 bridgehead atoms. The number of hydrogen-bond acceptors (Lipinski definition) is 9. The van der Waals surface area contributed by atoms with E-state index in [2.05, 4.69) is 20.5 Å². The van der Waals surface area contributed by atoms with Crippen molar-refractivity contribution in [3.05, 3.63) is 24.3 Å². The molecule has 32 heavy (non-hydrogen) atoms. The van der Waals surface area contributed by atoms with Crippen molar-refractivity contribution >= 4 is 25.8 Å². The molecular weight excluding hydrogens is 458 g/mol. The molecule has 0 radical (unpaired) electrons. The Bertz CT molecular complexity index is 1140. The molecule has 1 aliphatic heterocycles. The monoisotopic (exact) mass is 487 g/mol. The summed E-state index contributed by atoms with van der Waals surface area (Å²) in [7, 11) is -5.61. The molecule has 11 nitrogen and oxygen atoms in total. The lowest BCUT2D eigenvalue weighted by atomic mass is 10.1. The van der Waals surface area contributed by atoms with Crippen LogP contribution in [0.4, 0.5) is 5.95 Å². The van der Waals surface area contributed by atoms with Crippen molar-refractivity contribution in [2.24, 2.45) is 0 Å². The van der Waals surface area contributed by atoms with Crippen LogP contribution in [0.1, 0.15) is 26.7 Å². The van der Waals surface area contributed by atoms with Crippen molar-refractivity contribution in [3.8, 4) is 17.1 Å². The van der Waals surface area contributed by atoms with Gasteiger partial charge in [-0.25, -0.2) is 21.1 Å². The maximum Gasteiger partial charge on any atom is 0.244 e. The molecule has 0 amide bonds. The first-order valence-corrected chi connectivity index (χ1v) is 13.5. The molecule has 178 valence electrons. The van der Waals surface area contributed by atoms with Gasteiger partial charge in [-0.1, -0.05) is 0 Å². The minimum absolute atomic E-state index is 0.0542. The van der Waals surface area contributed by atoms with Gasteiger partial charge in [0.2, 0.25) is 16.0 Å². The lowest BCUT2D eigenvalue weighted by molar-refractivity contribution is 0.162. The number of rotatable bonds is 8. The van der Waals surface area contributed by atoms with Gasteiger partial charge in [0.25, 0.3) is 0 Å². The highest BCUT2D eigenvalue weighted by Gasteiger charge is 2.47. The number of benzene rings is 1. The summed E-state index contributed by atoms with van der Waals surface area (Å²) < 4.78 is 54.7. The summed E-state index contributed by atoms with van der Waals surface area (Å²) in [5, 5.41) is 19.4. The van der Waals surface area contributed by atoms with Crippen LogP contribution in [-0.4, -0.2) is 84.1 Å². The molecule has 0 saturated carbocycles. The Morgan fingerprint density at radius 1 is 1.19 bits per heavy atom. The molecule has 0 spiro atoms. The molecule has 1 aromatic carbocycles. The van der Waals surface area contributed by atoms with Crippen LogP contribution in [0.2, 0.25) is 0 Å². The molecule has 1 unspecified atom stereocenters. The molecule has 13 heteroatoms. The van der Waals surface area contributed by atoms with Crippen LogP contribution in [0.25, 0.3) is 11.4 Å². The largest absolute Gasteiger partial charge is 0.497 e. The van der Waals surface area contributed by atoms with Crippen molar-refractivity contribution in [2.45, 2.75) is 42.9 Å². The number of aliphatic hydroxyl groups is 1. The lowest BCUT2D eigenvalue weighted by Gasteiger charge is -2.37. The fraction of sp³-hybridized carbons (Fsp3) is 0.579. The maximum atomic E-state index is 13.3. The predicted octanol–water partition coefficient (Wildman–Crippen LogP) is 0.828. The van der Waals surface area contributed by atoms with E-state index in [1.54, 1.807) is 31.4 Å². The summed E-state index contributed by atoms with van der Waals surface area (Å²) in [4.78, 5) is 4.27. The Morgan fingerprint density at radius 2 is 1.78 bits per heavy atom. The molecule has 2 heterocycles. The highest BCUT2D eigenvalue weighted by Crippen LogP contribution is 2.31. The number of anilines is 1. The molecule has 1 aromatic heterocycles. The van der Waals surface area contributed by atoms with Crippen molar-refractivity contribution in [1.82, 2.24) is 19.5 Å². The number of ether oxygens (including phenoxy) is 1. The van der Waals surface area contributed by atoms with E-state index in [9.17, 15) is 21.9 Å². The zero-order chi connectivity index (χ0) is 23.7. The molecule has 0 aliphatic carbocycles. The third-order valence-corrected chi connectivity index (χ3v) is 10.2. The minimum atomic E-state index is -3.82. The van der Waals surface area contributed by atoms with Gasteiger partial charge < -0.3 is 15.2 Å². The van der Waals surface area contributed by atoms with E-state index >= 15 is 0 Å². The number of aromatic nitrogens is 3. The second-order valence-electron chi connectivity index (χ2n) is 8.29. The first-order chi connectivity index (χ1) is 14.9. The van der Waals surface area contributed by atoms with Crippen molar-refractivity contribution in [3.63, 3.8) is 0 Å². The van der Waals surface area contributed by atoms with Crippen LogP contribution in [0.3, 0.4) is 0 Å². The van der Waals surface area contributed by atoms with E-state index in [4.69, 9.17) is 4.74 Å². The number of H-pyrrole nitrogens is 1. The fourth-order valence-electron chi connectivity index (χ4n) is 3.56. The average molecular weight is 488 g/mol. The van der Waals surface area contributed by atoms with Gasteiger partial charge in [0.1, 0.15) is 16.7 Å². The molecule has 1 saturated heterocycles. The Kier molecular flexibility index (Phi) is 6.84. The van der Waals surface area contributed by atoms with Crippen LogP contribution in [0.15, 0.2) is 24.3 Å². The second-order valence-corrected chi connectivity index (χ2v) is 13.1. The van der Waals surface area contributed by atoms with Gasteiger partial charge in [0.05, 0.1) is 18.6 Å². The van der Waals surface area contributed by atoms with Gasteiger partial charge in [-0.3, -0.25) is 5.10 Å². The number of aromatic amines is 1. The Labute approximate surface area is 188 Å². The Balaban J connectivity index is 1.70. The summed E-state index contributed by atoms with van der Waals surface area (Å²) in [6.07, 6.45) is -0.0296. The normalized spacial score (nSPS) is 17.8. The van der Waals surface area contributed by atoms with Gasteiger partial charge in [-0.2, -0.15) is 4.98 Å². The topological polar surface area (TPSA) is 155 Å². The number of methoxy groups -OCH3 is 1. The van der Waals surface area contributed by atoms with Gasteiger partial charge in [-0.05, 0) is 51.0 Å². The standard InChI is InChI=1S/C19H29N5O6S2/c1-19(2,32(28,29)15-9-11-24(12-10-15)31(4,26)27)17(25)21-18-20-16(22-23-18)13-5-7-14(30-3)8-6-13/h5-8,15,17,25H,9-12H2,1-4H3,(H2,20,21,22,23). The smallest absolute Gasteiger partial charge is 0.244 e. The predicted molar refractivity (Wildman–Crippen MR) is 120 cm³/mol. The van der Waals surface area contributed by atoms with E-state index in [0.29, 0.717) is 11.6 Å². The average Bonchev–Trinajstić information content (AvgIpc) is 3.21. The maximum absolute atomic E-state index is 13.3. The van der Waals surface area contributed by atoms with Crippen LogP contribution in [0, 0.1) is 0 Å². The van der Waals surface area contributed by atoms with Gasteiger partial charge in [0, 0.05) is 18.7 Å². The summed E-state index contributed by atoms with van der Waals surface area (Å²) in [5.41, 5.74) is 0.741. The van der Waals surface area contributed by atoms with E-state index in [1.807, 2.05) is 0 Å². The number of hydrogen-bond donors (Lipinski definition) is 3. The minimum Gasteiger partial charge on any atom is -0.497 e. The Hall–Kier alpha value is -2.22. The van der Waals surface area contributed by atoms with E-state index in [-0.39, 0.29) is 31.9 Å². The van der Waals surface area contributed by atoms with Gasteiger partial charge in [-0.15, -0.1) is 5.10 Å². The molecule has 1 fully saturated rings. The summed E-state index contributed by atoms with van der Waals surface area (Å²) >= 11 is 0. The number of sulfonamides is 1. The lowest BCUT2D eigenvalue weighted by Crippen LogP contribution is -2.54. The summed E-state index contributed by atoms with van der Waals surface area (Å²) in [6, 6.07) is 7.11. The Morgan fingerprint density at radius 3 is 2.31 bits per heavy atom. The zero-order valence-corrected chi connectivity index (χ0v) is 20.1. The van der Waals surface area contributed by atoms with Crippen molar-refractivity contribution in [1.29, 1.82) is 0 Å². The molecule has 1 aliphatic rings. The fourth-order valence-corrected chi connectivity index (χ4v) is 6.49. The van der Waals surface area contributed by atoms with Gasteiger partial charge >= 0.3 is 0 Å². The molecule has 2 aromatic rings. The van der Waals surface area contributed by atoms with Crippen LogP contribution in [0.5, 0.6) is 5.75 Å².